The first-order valence-electron chi connectivity index (χ1n) is 14.4. The Hall–Kier alpha value is -4.38. The van der Waals surface area contributed by atoms with Gasteiger partial charge < -0.3 is 24.4 Å². The fourth-order valence-electron chi connectivity index (χ4n) is 5.71. The van der Waals surface area contributed by atoms with E-state index in [1.807, 2.05) is 28.8 Å². The van der Waals surface area contributed by atoms with Crippen molar-refractivity contribution in [1.82, 2.24) is 19.4 Å². The number of carbonyl (C=O) groups is 1. The van der Waals surface area contributed by atoms with Crippen molar-refractivity contribution in [2.24, 2.45) is 0 Å². The zero-order valence-corrected chi connectivity index (χ0v) is 26.7. The van der Waals surface area contributed by atoms with Crippen molar-refractivity contribution in [3.8, 4) is 22.6 Å². The first kappa shape index (κ1) is 30.6. The topological polar surface area (TPSA) is 103 Å². The number of piperidine rings is 1. The Labute approximate surface area is 270 Å². The third-order valence-electron chi connectivity index (χ3n) is 8.12. The van der Waals surface area contributed by atoms with Crippen LogP contribution in [0.4, 0.5) is 17.3 Å². The van der Waals surface area contributed by atoms with Crippen LogP contribution in [0.3, 0.4) is 0 Å². The molecule has 0 amide bonds. The summed E-state index contributed by atoms with van der Waals surface area (Å²) in [6.07, 6.45) is 8.94. The molecule has 0 radical (unpaired) electrons. The molecule has 232 valence electrons. The Bertz CT molecular complexity index is 1890. The molecular formula is C33H32Cl2N6O4. The number of anilines is 3. The number of rotatable bonds is 10. The molecular weight excluding hydrogens is 615 g/mol. The Morgan fingerprint density at radius 3 is 2.44 bits per heavy atom. The van der Waals surface area contributed by atoms with Gasteiger partial charge in [0.25, 0.3) is 0 Å². The summed E-state index contributed by atoms with van der Waals surface area (Å²) in [5.41, 5.74) is 5.02. The minimum atomic E-state index is -0.0770. The van der Waals surface area contributed by atoms with Crippen molar-refractivity contribution in [3.63, 3.8) is 0 Å². The van der Waals surface area contributed by atoms with Crippen LogP contribution in [0.25, 0.3) is 27.8 Å². The third-order valence-corrected chi connectivity index (χ3v) is 8.87. The molecule has 1 aliphatic rings. The van der Waals surface area contributed by atoms with Gasteiger partial charge in [0.1, 0.15) is 17.1 Å². The number of ether oxygens (including phenoxy) is 3. The Kier molecular flexibility index (Phi) is 8.80. The van der Waals surface area contributed by atoms with Crippen LogP contribution >= 0.6 is 23.2 Å². The number of hydrogen-bond acceptors (Lipinski definition) is 9. The quantitative estimate of drug-likeness (QED) is 0.162. The first-order valence-corrected chi connectivity index (χ1v) is 15.2. The number of halogens is 2. The van der Waals surface area contributed by atoms with Crippen molar-refractivity contribution >= 4 is 63.0 Å². The van der Waals surface area contributed by atoms with Crippen molar-refractivity contribution in [2.75, 3.05) is 44.6 Å². The van der Waals surface area contributed by atoms with E-state index in [1.165, 1.54) is 20.3 Å². The van der Waals surface area contributed by atoms with Crippen LogP contribution in [-0.2, 0) is 16.0 Å². The van der Waals surface area contributed by atoms with Gasteiger partial charge in [-0.1, -0.05) is 29.8 Å². The van der Waals surface area contributed by atoms with Crippen LogP contribution in [0.2, 0.25) is 10.0 Å². The van der Waals surface area contributed by atoms with Gasteiger partial charge in [-0.25, -0.2) is 9.97 Å². The zero-order valence-electron chi connectivity index (χ0n) is 25.1. The number of ketones is 1. The fourth-order valence-corrected chi connectivity index (χ4v) is 6.42. The van der Waals surface area contributed by atoms with Gasteiger partial charge in [0.2, 0.25) is 5.95 Å². The maximum atomic E-state index is 12.5. The van der Waals surface area contributed by atoms with Crippen molar-refractivity contribution in [2.45, 2.75) is 25.4 Å². The average Bonchev–Trinajstić information content (AvgIpc) is 3.57. The Morgan fingerprint density at radius 2 is 1.78 bits per heavy atom. The normalized spacial score (nSPS) is 13.8. The lowest BCUT2D eigenvalue weighted by Gasteiger charge is -2.33. The highest BCUT2D eigenvalue weighted by Gasteiger charge is 2.23. The molecule has 1 aliphatic heterocycles. The largest absolute Gasteiger partial charge is 0.495 e. The van der Waals surface area contributed by atoms with E-state index in [0.29, 0.717) is 49.9 Å². The monoisotopic (exact) mass is 646 g/mol. The molecule has 0 unspecified atom stereocenters. The summed E-state index contributed by atoms with van der Waals surface area (Å²) in [5, 5.41) is 4.73. The SMILES string of the molecule is C=CC(=O)Cc1cc(N2CCC(OC)CC2)ccc1Nc1ncc2cc(-c3c(Cl)c(OC)cc(OC)c3Cl)c3nccn3c2n1. The predicted octanol–water partition coefficient (Wildman–Crippen LogP) is 6.92. The molecule has 3 aromatic heterocycles. The molecule has 4 heterocycles. The highest BCUT2D eigenvalue weighted by atomic mass is 35.5. The lowest BCUT2D eigenvalue weighted by atomic mass is 10.0. The number of benzene rings is 2. The summed E-state index contributed by atoms with van der Waals surface area (Å²) in [7, 11) is 4.82. The molecule has 0 aliphatic carbocycles. The molecule has 0 atom stereocenters. The standard InChI is InChI=1S/C33H32Cl2N6O4/c1-5-22(42)15-19-14-21(40-11-8-23(43-2)9-12-40)6-7-25(19)38-33-37-18-20-16-24(32-36-10-13-41(32)31(20)39-33)28-29(34)26(44-3)17-27(45-4)30(28)35/h5-7,10,13-14,16-18,23H,1,8-9,11-12,15H2,2-4H3,(H,37,38,39). The third kappa shape index (κ3) is 5.88. The van der Waals surface area contributed by atoms with Gasteiger partial charge in [-0.3, -0.25) is 9.20 Å². The number of allylic oxidation sites excluding steroid dienone is 1. The van der Waals surface area contributed by atoms with Crippen LogP contribution in [-0.4, -0.2) is 65.7 Å². The van der Waals surface area contributed by atoms with E-state index in [4.69, 9.17) is 42.4 Å². The van der Waals surface area contributed by atoms with Gasteiger partial charge in [0.15, 0.2) is 11.4 Å². The lowest BCUT2D eigenvalue weighted by Crippen LogP contribution is -2.36. The molecule has 12 heteroatoms. The smallest absolute Gasteiger partial charge is 0.229 e. The molecule has 0 bridgehead atoms. The summed E-state index contributed by atoms with van der Waals surface area (Å²) < 4.78 is 18.3. The molecule has 2 aromatic carbocycles. The van der Waals surface area contributed by atoms with Crippen LogP contribution in [0.5, 0.6) is 11.5 Å². The predicted molar refractivity (Wildman–Crippen MR) is 178 cm³/mol. The highest BCUT2D eigenvalue weighted by molar-refractivity contribution is 6.41. The molecule has 1 saturated heterocycles. The minimum absolute atomic E-state index is 0.0770. The number of imidazole rings is 1. The number of pyridine rings is 1. The molecule has 1 N–H and O–H groups in total. The molecule has 6 rings (SSSR count). The second-order valence-corrected chi connectivity index (χ2v) is 11.4. The summed E-state index contributed by atoms with van der Waals surface area (Å²) >= 11 is 13.5. The van der Waals surface area contributed by atoms with E-state index in [2.05, 4.69) is 32.8 Å². The van der Waals surface area contributed by atoms with Gasteiger partial charge in [-0.15, -0.1) is 0 Å². The fraction of sp³-hybridized carbons (Fsp3) is 0.273. The maximum absolute atomic E-state index is 12.5. The number of carbonyl (C=O) groups excluding carboxylic acids is 1. The Balaban J connectivity index is 1.39. The average molecular weight is 648 g/mol. The number of aromatic nitrogens is 4. The minimum Gasteiger partial charge on any atom is -0.495 e. The highest BCUT2D eigenvalue weighted by Crippen LogP contribution is 2.47. The molecule has 0 spiro atoms. The number of fused-ring (bicyclic) bond motifs is 3. The second kappa shape index (κ2) is 12.9. The van der Waals surface area contributed by atoms with E-state index in [-0.39, 0.29) is 18.3 Å². The lowest BCUT2D eigenvalue weighted by molar-refractivity contribution is -0.114. The van der Waals surface area contributed by atoms with Crippen LogP contribution in [0.15, 0.2) is 61.6 Å². The molecule has 0 saturated carbocycles. The van der Waals surface area contributed by atoms with Crippen molar-refractivity contribution < 1.29 is 19.0 Å². The number of nitrogens with one attached hydrogen (secondary N) is 1. The van der Waals surface area contributed by atoms with Crippen LogP contribution in [0.1, 0.15) is 18.4 Å². The first-order chi connectivity index (χ1) is 21.8. The van der Waals surface area contributed by atoms with Crippen LogP contribution < -0.4 is 19.7 Å². The van der Waals surface area contributed by atoms with Gasteiger partial charge in [-0.05, 0) is 48.7 Å². The number of methoxy groups -OCH3 is 3. The van der Waals surface area contributed by atoms with E-state index >= 15 is 0 Å². The molecule has 5 aromatic rings. The zero-order chi connectivity index (χ0) is 31.7. The molecule has 10 nitrogen and oxygen atoms in total. The summed E-state index contributed by atoms with van der Waals surface area (Å²) in [5.74, 6) is 1.13. The van der Waals surface area contributed by atoms with Crippen molar-refractivity contribution in [1.29, 1.82) is 0 Å². The van der Waals surface area contributed by atoms with Crippen molar-refractivity contribution in [3.05, 3.63) is 77.2 Å². The summed E-state index contributed by atoms with van der Waals surface area (Å²) in [6, 6.07) is 9.60. The molecule has 1 fully saturated rings. The van der Waals surface area contributed by atoms with E-state index in [1.54, 1.807) is 25.6 Å². The van der Waals surface area contributed by atoms with E-state index < -0.39 is 0 Å². The maximum Gasteiger partial charge on any atom is 0.229 e. The van der Waals surface area contributed by atoms with Gasteiger partial charge >= 0.3 is 0 Å². The van der Waals surface area contributed by atoms with E-state index in [9.17, 15) is 4.79 Å². The summed E-state index contributed by atoms with van der Waals surface area (Å²) in [6.45, 7) is 5.43. The van der Waals surface area contributed by atoms with Gasteiger partial charge in [0, 0.05) is 79.2 Å². The molecule has 45 heavy (non-hydrogen) atoms. The van der Waals surface area contributed by atoms with Gasteiger partial charge in [-0.2, -0.15) is 4.98 Å². The van der Waals surface area contributed by atoms with E-state index in [0.717, 1.165) is 48.3 Å². The summed E-state index contributed by atoms with van der Waals surface area (Å²) in [4.78, 5) is 28.8. The number of nitrogens with zero attached hydrogens (tertiary/aromatic N) is 5. The van der Waals surface area contributed by atoms with Gasteiger partial charge in [0.05, 0.1) is 30.4 Å². The van der Waals surface area contributed by atoms with Crippen LogP contribution in [0, 0.1) is 0 Å². The number of hydrogen-bond donors (Lipinski definition) is 1. The Morgan fingerprint density at radius 1 is 1.04 bits per heavy atom. The second-order valence-electron chi connectivity index (χ2n) is 10.7.